The van der Waals surface area contributed by atoms with Gasteiger partial charge in [0.1, 0.15) is 11.4 Å². The predicted molar refractivity (Wildman–Crippen MR) is 93.3 cm³/mol. The van der Waals surface area contributed by atoms with Crippen molar-refractivity contribution in [2.24, 2.45) is 4.99 Å². The Kier molecular flexibility index (Phi) is 5.51. The minimum Gasteiger partial charge on any atom is -0.867 e. The number of rotatable bonds is 6. The third-order valence-electron chi connectivity index (χ3n) is 4.01. The second kappa shape index (κ2) is 7.60. The number of phenolic OH excluding ortho intramolecular Hbond substituents is 1. The lowest BCUT2D eigenvalue weighted by atomic mass is 9.98. The molecule has 0 aliphatic carbocycles. The maximum Gasteiger partial charge on any atom is 0.276 e. The van der Waals surface area contributed by atoms with Gasteiger partial charge >= 0.3 is 0 Å². The highest BCUT2D eigenvalue weighted by molar-refractivity contribution is 5.89. The number of hydrogen-bond donors (Lipinski definition) is 1. The lowest BCUT2D eigenvalue weighted by molar-refractivity contribution is -0.403. The van der Waals surface area contributed by atoms with Crippen molar-refractivity contribution in [1.82, 2.24) is 0 Å². The Bertz CT molecular complexity index is 894. The first-order chi connectivity index (χ1) is 12.2. The van der Waals surface area contributed by atoms with Gasteiger partial charge in [0.2, 0.25) is 0 Å². The summed E-state index contributed by atoms with van der Waals surface area (Å²) in [6, 6.07) is 6.37. The Hall–Kier alpha value is -3.49. The van der Waals surface area contributed by atoms with E-state index in [2.05, 4.69) is 4.99 Å². The van der Waals surface area contributed by atoms with Crippen LogP contribution in [0, 0.1) is 20.2 Å². The van der Waals surface area contributed by atoms with Crippen LogP contribution in [0.15, 0.2) is 35.3 Å². The third kappa shape index (κ3) is 3.94. The van der Waals surface area contributed by atoms with E-state index >= 15 is 0 Å². The van der Waals surface area contributed by atoms with Crippen LogP contribution in [0.25, 0.3) is 0 Å². The summed E-state index contributed by atoms with van der Waals surface area (Å²) >= 11 is 0. The molecule has 1 N–H and O–H groups in total. The summed E-state index contributed by atoms with van der Waals surface area (Å²) in [6.07, 6.45) is 1.85. The van der Waals surface area contributed by atoms with Gasteiger partial charge in [-0.15, -0.1) is 0 Å². The van der Waals surface area contributed by atoms with E-state index in [-0.39, 0.29) is 22.9 Å². The van der Waals surface area contributed by atoms with Crippen molar-refractivity contribution in [2.45, 2.75) is 26.2 Å². The van der Waals surface area contributed by atoms with E-state index in [1.165, 1.54) is 6.07 Å². The van der Waals surface area contributed by atoms with Gasteiger partial charge in [0, 0.05) is 12.3 Å². The summed E-state index contributed by atoms with van der Waals surface area (Å²) in [7, 11) is 0. The molecule has 2 aromatic carbocycles. The van der Waals surface area contributed by atoms with Crippen LogP contribution in [-0.4, -0.2) is 21.2 Å². The van der Waals surface area contributed by atoms with Gasteiger partial charge in [-0.05, 0) is 41.3 Å². The van der Waals surface area contributed by atoms with Gasteiger partial charge in [0.15, 0.2) is 0 Å². The van der Waals surface area contributed by atoms with E-state index in [9.17, 15) is 30.4 Å². The molecule has 2 aromatic rings. The van der Waals surface area contributed by atoms with Gasteiger partial charge in [-0.25, -0.2) is 0 Å². The molecule has 136 valence electrons. The quantitative estimate of drug-likeness (QED) is 0.475. The molecule has 9 nitrogen and oxygen atoms in total. The summed E-state index contributed by atoms with van der Waals surface area (Å²) in [5, 5.41) is 43.9. The number of nitrogens with zero attached hydrogens (tertiary/aromatic N) is 3. The van der Waals surface area contributed by atoms with Crippen LogP contribution in [0.2, 0.25) is 0 Å². The van der Waals surface area contributed by atoms with Crippen LogP contribution >= 0.6 is 0 Å². The first-order valence-corrected chi connectivity index (χ1v) is 7.75. The first kappa shape index (κ1) is 18.8. The molecule has 0 aliphatic rings. The molecule has 0 heterocycles. The fourth-order valence-corrected chi connectivity index (χ4v) is 2.28. The molecule has 0 unspecified atom stereocenters. The molecular weight excluding hydrogens is 342 g/mol. The van der Waals surface area contributed by atoms with Crippen molar-refractivity contribution < 1.29 is 20.1 Å². The number of aromatic hydroxyl groups is 1. The molecule has 1 atom stereocenters. The highest BCUT2D eigenvalue weighted by Crippen LogP contribution is 2.34. The Balaban J connectivity index is 2.51. The summed E-state index contributed by atoms with van der Waals surface area (Å²) in [6.45, 7) is 4.01. The molecule has 0 bridgehead atoms. The normalized spacial score (nSPS) is 12.2. The monoisotopic (exact) mass is 358 g/mol. The van der Waals surface area contributed by atoms with Crippen LogP contribution < -0.4 is 5.11 Å². The first-order valence-electron chi connectivity index (χ1n) is 7.75. The molecule has 0 fully saturated rings. The van der Waals surface area contributed by atoms with E-state index in [1.54, 1.807) is 12.1 Å². The van der Waals surface area contributed by atoms with E-state index < -0.39 is 27.0 Å². The predicted octanol–water partition coefficient (Wildman–Crippen LogP) is 3.55. The third-order valence-corrected chi connectivity index (χ3v) is 4.01. The van der Waals surface area contributed by atoms with Gasteiger partial charge in [-0.2, -0.15) is 0 Å². The number of nitro benzene ring substituents is 2. The molecule has 0 radical (unpaired) electrons. The largest absolute Gasteiger partial charge is 0.867 e. The number of benzene rings is 2. The van der Waals surface area contributed by atoms with Crippen LogP contribution in [0.3, 0.4) is 0 Å². The minimum absolute atomic E-state index is 0.138. The zero-order valence-electron chi connectivity index (χ0n) is 14.1. The molecule has 26 heavy (non-hydrogen) atoms. The highest BCUT2D eigenvalue weighted by atomic mass is 16.6. The standard InChI is InChI=1S/C17H17N3O6/c1-3-10(2)11-4-5-16(21)14(7-11)18-9-12-6-13(19(23)24)8-15(17(12)22)20(25)26/h4-10,21-22H,3H2,1-2H3/p-1/t10-/m0/s1. The fourth-order valence-electron chi connectivity index (χ4n) is 2.28. The van der Waals surface area contributed by atoms with E-state index in [4.69, 9.17) is 0 Å². The Morgan fingerprint density at radius 1 is 1.19 bits per heavy atom. The van der Waals surface area contributed by atoms with Crippen molar-refractivity contribution in [2.75, 3.05) is 0 Å². The molecule has 0 saturated heterocycles. The second-order valence-corrected chi connectivity index (χ2v) is 5.71. The zero-order valence-corrected chi connectivity index (χ0v) is 14.1. The lowest BCUT2D eigenvalue weighted by Crippen LogP contribution is -2.03. The Morgan fingerprint density at radius 2 is 1.88 bits per heavy atom. The van der Waals surface area contributed by atoms with Gasteiger partial charge in [0.25, 0.3) is 11.4 Å². The number of aliphatic imine (C=N–C) groups is 1. The Labute approximate surface area is 148 Å². The molecule has 0 spiro atoms. The lowest BCUT2D eigenvalue weighted by Gasteiger charge is -2.11. The number of phenols is 1. The smallest absolute Gasteiger partial charge is 0.276 e. The SMILES string of the molecule is CC[C@H](C)c1ccc(O)c(N=Cc2cc([N+](=O)[O-])cc([N+](=O)[O-])c2[O-])c1. The van der Waals surface area contributed by atoms with Crippen LogP contribution in [0.1, 0.15) is 37.3 Å². The summed E-state index contributed by atoms with van der Waals surface area (Å²) in [5.74, 6) is -0.902. The summed E-state index contributed by atoms with van der Waals surface area (Å²) in [5.41, 5.74) is -0.714. The van der Waals surface area contributed by atoms with Gasteiger partial charge in [0.05, 0.1) is 15.9 Å². The van der Waals surface area contributed by atoms with E-state index in [0.717, 1.165) is 24.3 Å². The van der Waals surface area contributed by atoms with Crippen molar-refractivity contribution >= 4 is 23.3 Å². The zero-order chi connectivity index (χ0) is 19.4. The summed E-state index contributed by atoms with van der Waals surface area (Å²) < 4.78 is 0. The van der Waals surface area contributed by atoms with Gasteiger partial charge in [-0.1, -0.05) is 19.9 Å². The maximum atomic E-state index is 12.1. The topological polar surface area (TPSA) is 142 Å². The van der Waals surface area contributed by atoms with Crippen molar-refractivity contribution in [1.29, 1.82) is 0 Å². The van der Waals surface area contributed by atoms with E-state index in [0.29, 0.717) is 6.07 Å². The average molecular weight is 358 g/mol. The molecule has 0 amide bonds. The maximum absolute atomic E-state index is 12.1. The second-order valence-electron chi connectivity index (χ2n) is 5.71. The van der Waals surface area contributed by atoms with Crippen molar-refractivity contribution in [3.8, 4) is 11.5 Å². The van der Waals surface area contributed by atoms with Crippen molar-refractivity contribution in [3.63, 3.8) is 0 Å². The molecule has 9 heteroatoms. The fraction of sp³-hybridized carbons (Fsp3) is 0.235. The van der Waals surface area contributed by atoms with Crippen LogP contribution in [0.4, 0.5) is 17.1 Å². The van der Waals surface area contributed by atoms with Crippen molar-refractivity contribution in [3.05, 3.63) is 61.7 Å². The minimum atomic E-state index is -0.984. The van der Waals surface area contributed by atoms with Crippen LogP contribution in [-0.2, 0) is 0 Å². The van der Waals surface area contributed by atoms with Gasteiger partial charge < -0.3 is 10.2 Å². The van der Waals surface area contributed by atoms with Crippen LogP contribution in [0.5, 0.6) is 11.5 Å². The number of non-ortho nitro benzene ring substituents is 1. The molecule has 2 rings (SSSR count). The summed E-state index contributed by atoms with van der Waals surface area (Å²) in [4.78, 5) is 24.0. The molecule has 0 aliphatic heterocycles. The average Bonchev–Trinajstić information content (AvgIpc) is 2.60. The molecule has 0 saturated carbocycles. The molecular formula is C17H16N3O6-. The van der Waals surface area contributed by atoms with Gasteiger partial charge in [-0.3, -0.25) is 25.2 Å². The number of nitro groups is 2. The highest BCUT2D eigenvalue weighted by Gasteiger charge is 2.18. The molecule has 0 aromatic heterocycles. The van der Waals surface area contributed by atoms with E-state index in [1.807, 2.05) is 13.8 Å². The number of hydrogen-bond acceptors (Lipinski definition) is 7. The Morgan fingerprint density at radius 3 is 2.46 bits per heavy atom.